The minimum absolute atomic E-state index is 0.000000000000000222. The minimum atomic E-state index is -0.139. The van der Waals surface area contributed by atoms with Crippen LogP contribution in [0.25, 0.3) is 0 Å². The van der Waals surface area contributed by atoms with Crippen molar-refractivity contribution in [2.75, 3.05) is 0 Å². The monoisotopic (exact) mass is 83.0 g/mol. The van der Waals surface area contributed by atoms with E-state index in [0.717, 1.165) is 0 Å². The van der Waals surface area contributed by atoms with Crippen LogP contribution in [0.3, 0.4) is 0 Å². The molecule has 6 heavy (non-hydrogen) atoms. The first-order chi connectivity index (χ1) is 3.80. The maximum atomic E-state index is 6.87. The molecule has 0 unspecified atom stereocenters. The quantitative estimate of drug-likeness (QED) is 0.438. The van der Waals surface area contributed by atoms with Gasteiger partial charge >= 0.3 is 0 Å². The van der Waals surface area contributed by atoms with Gasteiger partial charge in [0, 0.05) is 0 Å². The van der Waals surface area contributed by atoms with Gasteiger partial charge in [0.25, 0.3) is 0 Å². The smallest absolute Gasteiger partial charge is 0.0861 e. The molecule has 0 fully saturated rings. The lowest BCUT2D eigenvalue weighted by Gasteiger charge is -1.68. The molecule has 0 amide bonds. The fourth-order valence-electron chi connectivity index (χ4n) is 0.161. The van der Waals surface area contributed by atoms with Gasteiger partial charge in [0.15, 0.2) is 0 Å². The van der Waals surface area contributed by atoms with E-state index in [4.69, 9.17) is 2.74 Å². The van der Waals surface area contributed by atoms with Gasteiger partial charge in [-0.05, 0) is 11.3 Å². The molecular formula is C3H3N3. The molecule has 3 nitrogen and oxygen atoms in total. The van der Waals surface area contributed by atoms with Gasteiger partial charge in [0.05, 0.1) is 15.1 Å². The zero-order valence-electron chi connectivity index (χ0n) is 4.92. The Kier molecular flexibility index (Phi) is 0.395. The van der Waals surface area contributed by atoms with Gasteiger partial charge in [-0.25, -0.2) is 0 Å². The summed E-state index contributed by atoms with van der Waals surface area (Å²) in [6.45, 7) is 0. The molecule has 0 bridgehead atoms. The molecule has 1 heterocycles. The highest BCUT2D eigenvalue weighted by molar-refractivity contribution is 4.69. The number of aromatic nitrogens is 3. The maximum absolute atomic E-state index is 6.87. The molecule has 0 radical (unpaired) electrons. The van der Waals surface area contributed by atoms with Crippen molar-refractivity contribution < 1.29 is 2.74 Å². The molecule has 0 aliphatic heterocycles. The minimum Gasteiger partial charge on any atom is -0.139 e. The van der Waals surface area contributed by atoms with Crippen molar-refractivity contribution in [1.29, 1.82) is 0 Å². The van der Waals surface area contributed by atoms with Gasteiger partial charge in [0.2, 0.25) is 0 Å². The number of rotatable bonds is 0. The number of hydrogen-bond donors (Lipinski definition) is 0. The highest BCUT2D eigenvalue weighted by atomic mass is 15.3. The van der Waals surface area contributed by atoms with Crippen molar-refractivity contribution in [3.63, 3.8) is 0 Å². The van der Waals surface area contributed by atoms with E-state index in [1.54, 1.807) is 0 Å². The molecule has 0 aliphatic rings. The highest BCUT2D eigenvalue weighted by Crippen LogP contribution is 1.61. The molecule has 1 rings (SSSR count). The molecule has 0 spiro atoms. The van der Waals surface area contributed by atoms with Crippen LogP contribution >= 0.6 is 0 Å². The summed E-state index contributed by atoms with van der Waals surface area (Å²) in [7, 11) is 0. The predicted octanol–water partition coefficient (Wildman–Crippen LogP) is -0.128. The van der Waals surface area contributed by atoms with Crippen molar-refractivity contribution >= 4 is 0 Å². The second-order valence-corrected chi connectivity index (χ2v) is 0.690. The zero-order valence-corrected chi connectivity index (χ0v) is 2.92. The van der Waals surface area contributed by atoms with Crippen LogP contribution in [0.5, 0.6) is 0 Å². The summed E-state index contributed by atoms with van der Waals surface area (Å²) in [5.41, 5.74) is 0. The van der Waals surface area contributed by atoms with Crippen molar-refractivity contribution in [3.05, 3.63) is 18.4 Å². The van der Waals surface area contributed by atoms with Gasteiger partial charge in [-0.2, -0.15) is 0 Å². The maximum Gasteiger partial charge on any atom is 0.0861 e. The van der Waals surface area contributed by atoms with E-state index in [1.807, 2.05) is 0 Å². The van der Waals surface area contributed by atoms with Crippen LogP contribution in [0.2, 0.25) is 0 Å². The number of nitrogens with zero attached hydrogens (tertiary/aromatic N) is 3. The van der Waals surface area contributed by atoms with Gasteiger partial charge in [-0.3, -0.25) is 0 Å². The third kappa shape index (κ3) is 0.484. The molecule has 0 atom stereocenters. The van der Waals surface area contributed by atoms with E-state index in [-0.39, 0.29) is 12.2 Å². The van der Waals surface area contributed by atoms with Gasteiger partial charge in [-0.1, -0.05) is 0 Å². The molecule has 0 N–H and O–H groups in total. The van der Waals surface area contributed by atoms with Gasteiger partial charge in [0.1, 0.15) is 0 Å². The summed E-state index contributed by atoms with van der Waals surface area (Å²) in [6.07, 6.45) is 1.04. The topological polar surface area (TPSA) is 38.7 Å². The van der Waals surface area contributed by atoms with E-state index >= 15 is 0 Å². The van der Waals surface area contributed by atoms with Crippen molar-refractivity contribution in [2.24, 2.45) is 0 Å². The van der Waals surface area contributed by atoms with Crippen LogP contribution in [0, 0.1) is 0 Å². The Morgan fingerprint density at radius 2 is 2.50 bits per heavy atom. The van der Waals surface area contributed by atoms with Crippen LogP contribution in [0.4, 0.5) is 0 Å². The second-order valence-electron chi connectivity index (χ2n) is 0.690. The van der Waals surface area contributed by atoms with Crippen LogP contribution in [-0.2, 0) is 0 Å². The summed E-state index contributed by atoms with van der Waals surface area (Å²) < 4.78 is 13.7. The first kappa shape index (κ1) is 1.64. The third-order valence-corrected chi connectivity index (χ3v) is 0.333. The fourth-order valence-corrected chi connectivity index (χ4v) is 0.161. The molecule has 0 saturated carbocycles. The Morgan fingerprint density at radius 3 is 3.00 bits per heavy atom. The van der Waals surface area contributed by atoms with E-state index in [1.165, 1.54) is 6.20 Å². The van der Waals surface area contributed by atoms with Crippen molar-refractivity contribution in [1.82, 2.24) is 15.4 Å². The zero-order chi connectivity index (χ0) is 5.98. The second kappa shape index (κ2) is 1.45. The van der Waals surface area contributed by atoms with Crippen molar-refractivity contribution in [3.8, 4) is 0 Å². The molecule has 0 aromatic carbocycles. The Morgan fingerprint density at radius 1 is 1.50 bits per heavy atom. The third-order valence-electron chi connectivity index (χ3n) is 0.333. The van der Waals surface area contributed by atoms with E-state index in [0.29, 0.717) is 0 Å². The van der Waals surface area contributed by atoms with E-state index in [9.17, 15) is 0 Å². The largest absolute Gasteiger partial charge is 0.139 e. The van der Waals surface area contributed by atoms with Crippen LogP contribution in [0.15, 0.2) is 18.4 Å². The summed E-state index contributed by atoms with van der Waals surface area (Å²) >= 11 is 0. The molecule has 0 saturated heterocycles. The molecule has 1 aromatic heterocycles. The summed E-state index contributed by atoms with van der Waals surface area (Å²) in [6, 6.07) is 0.000000000000000222. The SMILES string of the molecule is [2H]c1cnnnc1[2H]. The lowest BCUT2D eigenvalue weighted by molar-refractivity contribution is 0.865. The van der Waals surface area contributed by atoms with E-state index in [2.05, 4.69) is 15.4 Å². The Bertz CT molecular complexity index is 169. The Balaban J connectivity index is 3.13. The van der Waals surface area contributed by atoms with Gasteiger partial charge in [-0.15, -0.1) is 10.2 Å². The standard InChI is InChI=1S/C3H3N3/c1-2-4-6-5-3-1/h1-3H/i1D,2D. The van der Waals surface area contributed by atoms with Gasteiger partial charge < -0.3 is 0 Å². The summed E-state index contributed by atoms with van der Waals surface area (Å²) in [5, 5.41) is 9.61. The highest BCUT2D eigenvalue weighted by Gasteiger charge is 1.60. The average molecular weight is 83.1 g/mol. The fraction of sp³-hybridized carbons (Fsp3) is 0. The molecule has 1 aromatic rings. The van der Waals surface area contributed by atoms with Crippen LogP contribution < -0.4 is 0 Å². The summed E-state index contributed by atoms with van der Waals surface area (Å²) in [4.78, 5) is 0. The van der Waals surface area contributed by atoms with Crippen molar-refractivity contribution in [2.45, 2.75) is 0 Å². The molecule has 0 aliphatic carbocycles. The molecule has 30 valence electrons. The predicted molar refractivity (Wildman–Crippen MR) is 19.8 cm³/mol. The Labute approximate surface area is 37.8 Å². The average Bonchev–Trinajstić information content (AvgIpc) is 1.77. The molecular weight excluding hydrogens is 78.1 g/mol. The lowest BCUT2D eigenvalue weighted by atomic mass is 10.7. The Hall–Kier alpha value is -0.990. The lowest BCUT2D eigenvalue weighted by Crippen LogP contribution is -1.78. The molecule has 3 heteroatoms. The van der Waals surface area contributed by atoms with E-state index < -0.39 is 0 Å². The summed E-state index contributed by atoms with van der Waals surface area (Å²) in [5.74, 6) is 0. The normalized spacial score (nSPS) is 12.7. The number of hydrogen-bond acceptors (Lipinski definition) is 3. The first-order valence-electron chi connectivity index (χ1n) is 2.42. The van der Waals surface area contributed by atoms with Crippen LogP contribution in [0.1, 0.15) is 2.74 Å². The first-order valence-corrected chi connectivity index (χ1v) is 1.42. The van der Waals surface area contributed by atoms with Crippen LogP contribution in [-0.4, -0.2) is 15.4 Å².